The first-order valence-electron chi connectivity index (χ1n) is 9.74. The quantitative estimate of drug-likeness (QED) is 0.294. The van der Waals surface area contributed by atoms with Gasteiger partial charge in [0.15, 0.2) is 11.8 Å². The molecule has 0 aromatic carbocycles. The number of halogens is 1. The van der Waals surface area contributed by atoms with Gasteiger partial charge in [-0.3, -0.25) is 4.79 Å². The zero-order chi connectivity index (χ0) is 20.6. The highest BCUT2D eigenvalue weighted by atomic mass is 127. The van der Waals surface area contributed by atoms with Crippen LogP contribution in [-0.2, 0) is 35.5 Å². The molecule has 2 aromatic rings. The van der Waals surface area contributed by atoms with E-state index in [1.807, 2.05) is 4.68 Å². The summed E-state index contributed by atoms with van der Waals surface area (Å²) in [5.74, 6) is 2.32. The van der Waals surface area contributed by atoms with Crippen LogP contribution in [0.15, 0.2) is 22.5 Å². The van der Waals surface area contributed by atoms with Crippen LogP contribution in [0.4, 0.5) is 0 Å². The van der Waals surface area contributed by atoms with Gasteiger partial charge in [0, 0.05) is 45.1 Å². The largest absolute Gasteiger partial charge is 0.377 e. The molecule has 0 bridgehead atoms. The number of carbonyl (C=O) groups excluding carboxylic acids is 1. The van der Waals surface area contributed by atoms with Crippen LogP contribution in [0.2, 0.25) is 0 Å². The topological polar surface area (TPSA) is 96.7 Å². The number of methoxy groups -OCH3 is 1. The maximum absolute atomic E-state index is 12.0. The minimum absolute atomic E-state index is 0. The molecule has 0 fully saturated rings. The third-order valence-corrected chi connectivity index (χ3v) is 5.57. The molecule has 9 nitrogen and oxygen atoms in total. The number of aromatic nitrogens is 3. The van der Waals surface area contributed by atoms with E-state index in [1.54, 1.807) is 37.4 Å². The fourth-order valence-corrected chi connectivity index (χ4v) is 3.77. The number of hydrogen-bond acceptors (Lipinski definition) is 6. The summed E-state index contributed by atoms with van der Waals surface area (Å²) in [6, 6.07) is 4.34. The highest BCUT2D eigenvalue weighted by Gasteiger charge is 2.22. The van der Waals surface area contributed by atoms with E-state index in [2.05, 4.69) is 43.2 Å². The van der Waals surface area contributed by atoms with Gasteiger partial charge in [-0.15, -0.1) is 35.3 Å². The van der Waals surface area contributed by atoms with Gasteiger partial charge in [-0.25, -0.2) is 14.7 Å². The molecule has 1 aliphatic rings. The number of amides is 1. The van der Waals surface area contributed by atoms with E-state index < -0.39 is 0 Å². The Bertz CT molecular complexity index is 823. The van der Waals surface area contributed by atoms with Gasteiger partial charge in [-0.1, -0.05) is 6.07 Å². The van der Waals surface area contributed by atoms with Crippen molar-refractivity contribution in [3.63, 3.8) is 0 Å². The minimum atomic E-state index is -0.0317. The SMILES string of the molecule is COCc1nc2n(n1)CC(NC(=NCC(=O)N(C)C)NCCc1cccs1)CC2.I. The maximum Gasteiger partial charge on any atom is 0.243 e. The van der Waals surface area contributed by atoms with Crippen LogP contribution in [0.3, 0.4) is 0 Å². The number of rotatable bonds is 8. The standard InChI is InChI=1S/C19H29N7O2S.HI/c1-25(2)18(27)11-21-19(20-9-8-15-5-4-10-29-15)22-14-6-7-17-23-16(13-28-3)24-26(17)12-14;/h4-5,10,14H,6-9,11-13H2,1-3H3,(H2,20,21,22);1H. The molecule has 3 heterocycles. The van der Waals surface area contributed by atoms with Crippen molar-refractivity contribution in [2.75, 3.05) is 34.3 Å². The van der Waals surface area contributed by atoms with Crippen LogP contribution in [0.1, 0.15) is 22.9 Å². The molecule has 1 unspecified atom stereocenters. The second-order valence-electron chi connectivity index (χ2n) is 7.15. The van der Waals surface area contributed by atoms with Crippen LogP contribution in [0.25, 0.3) is 0 Å². The third-order valence-electron chi connectivity index (χ3n) is 4.63. The molecule has 0 saturated heterocycles. The summed E-state index contributed by atoms with van der Waals surface area (Å²) in [6.07, 6.45) is 2.68. The smallest absolute Gasteiger partial charge is 0.243 e. The van der Waals surface area contributed by atoms with Gasteiger partial charge in [-0.05, 0) is 24.3 Å². The van der Waals surface area contributed by atoms with Crippen molar-refractivity contribution in [3.8, 4) is 0 Å². The monoisotopic (exact) mass is 547 g/mol. The maximum atomic E-state index is 12.0. The molecule has 11 heteroatoms. The number of nitrogens with one attached hydrogen (secondary N) is 2. The van der Waals surface area contributed by atoms with Gasteiger partial charge in [0.1, 0.15) is 19.0 Å². The van der Waals surface area contributed by atoms with Crippen LogP contribution in [0.5, 0.6) is 0 Å². The van der Waals surface area contributed by atoms with Crippen molar-refractivity contribution < 1.29 is 9.53 Å². The van der Waals surface area contributed by atoms with Gasteiger partial charge < -0.3 is 20.3 Å². The van der Waals surface area contributed by atoms with E-state index in [0.717, 1.165) is 31.6 Å². The summed E-state index contributed by atoms with van der Waals surface area (Å²) in [7, 11) is 5.12. The summed E-state index contributed by atoms with van der Waals surface area (Å²) in [5, 5.41) is 13.4. The number of fused-ring (bicyclic) bond motifs is 1. The molecule has 0 saturated carbocycles. The van der Waals surface area contributed by atoms with Gasteiger partial charge in [0.2, 0.25) is 5.91 Å². The van der Waals surface area contributed by atoms with Crippen LogP contribution in [-0.4, -0.2) is 71.9 Å². The molecule has 2 aromatic heterocycles. The van der Waals surface area contributed by atoms with E-state index in [9.17, 15) is 4.79 Å². The van der Waals surface area contributed by atoms with Crippen LogP contribution >= 0.6 is 35.3 Å². The second-order valence-corrected chi connectivity index (χ2v) is 8.18. The lowest BCUT2D eigenvalue weighted by molar-refractivity contribution is -0.127. The molecule has 0 radical (unpaired) electrons. The first kappa shape index (κ1) is 24.5. The number of likely N-dealkylation sites (N-methyl/N-ethyl adjacent to an activating group) is 1. The van der Waals surface area contributed by atoms with Gasteiger partial charge >= 0.3 is 0 Å². The molecule has 1 amide bonds. The van der Waals surface area contributed by atoms with Crippen molar-refractivity contribution in [1.82, 2.24) is 30.3 Å². The lowest BCUT2D eigenvalue weighted by atomic mass is 10.1. The number of hydrogen-bond donors (Lipinski definition) is 2. The molecule has 2 N–H and O–H groups in total. The summed E-state index contributed by atoms with van der Waals surface area (Å²) >= 11 is 1.74. The van der Waals surface area contributed by atoms with Crippen molar-refractivity contribution >= 4 is 47.2 Å². The molecule has 1 aliphatic heterocycles. The number of carbonyl (C=O) groups is 1. The Balaban J connectivity index is 0.00000320. The Morgan fingerprint density at radius 3 is 3.00 bits per heavy atom. The van der Waals surface area contributed by atoms with Gasteiger partial charge in [-0.2, -0.15) is 5.10 Å². The van der Waals surface area contributed by atoms with E-state index in [-0.39, 0.29) is 42.5 Å². The molecular weight excluding hydrogens is 517 g/mol. The molecule has 30 heavy (non-hydrogen) atoms. The molecular formula is C19H30IN7O2S. The zero-order valence-corrected chi connectivity index (χ0v) is 20.8. The summed E-state index contributed by atoms with van der Waals surface area (Å²) in [5.41, 5.74) is 0. The average molecular weight is 547 g/mol. The van der Waals surface area contributed by atoms with E-state index in [0.29, 0.717) is 24.9 Å². The highest BCUT2D eigenvalue weighted by Crippen LogP contribution is 2.13. The lowest BCUT2D eigenvalue weighted by Crippen LogP contribution is -2.48. The van der Waals surface area contributed by atoms with E-state index >= 15 is 0 Å². The molecule has 0 aliphatic carbocycles. The van der Waals surface area contributed by atoms with Crippen molar-refractivity contribution in [1.29, 1.82) is 0 Å². The summed E-state index contributed by atoms with van der Waals surface area (Å²) in [4.78, 5) is 23.8. The number of ether oxygens (including phenoxy) is 1. The summed E-state index contributed by atoms with van der Waals surface area (Å²) in [6.45, 7) is 1.99. The predicted molar refractivity (Wildman–Crippen MR) is 128 cm³/mol. The number of guanidine groups is 1. The predicted octanol–water partition coefficient (Wildman–Crippen LogP) is 1.28. The fraction of sp³-hybridized carbons (Fsp3) is 0.579. The Kier molecular flexibility index (Phi) is 9.98. The first-order valence-corrected chi connectivity index (χ1v) is 10.6. The normalized spacial score (nSPS) is 15.8. The number of aliphatic imine (C=N–C) groups is 1. The number of nitrogens with zero attached hydrogens (tertiary/aromatic N) is 5. The molecule has 0 spiro atoms. The summed E-state index contributed by atoms with van der Waals surface area (Å²) < 4.78 is 7.06. The Labute approximate surface area is 198 Å². The number of thiophene rings is 1. The Morgan fingerprint density at radius 2 is 2.30 bits per heavy atom. The Hall–Kier alpha value is -1.73. The Morgan fingerprint density at radius 1 is 1.47 bits per heavy atom. The van der Waals surface area contributed by atoms with Gasteiger partial charge in [0.25, 0.3) is 0 Å². The van der Waals surface area contributed by atoms with Crippen molar-refractivity contribution in [3.05, 3.63) is 34.0 Å². The number of aryl methyl sites for hydroxylation is 1. The van der Waals surface area contributed by atoms with E-state index in [4.69, 9.17) is 4.74 Å². The van der Waals surface area contributed by atoms with Crippen molar-refractivity contribution in [2.45, 2.75) is 38.5 Å². The van der Waals surface area contributed by atoms with Crippen LogP contribution in [0, 0.1) is 0 Å². The van der Waals surface area contributed by atoms with Crippen LogP contribution < -0.4 is 10.6 Å². The zero-order valence-electron chi connectivity index (χ0n) is 17.6. The van der Waals surface area contributed by atoms with E-state index in [1.165, 1.54) is 4.88 Å². The van der Waals surface area contributed by atoms with Crippen molar-refractivity contribution in [2.24, 2.45) is 4.99 Å². The minimum Gasteiger partial charge on any atom is -0.377 e. The van der Waals surface area contributed by atoms with Gasteiger partial charge in [0.05, 0.1) is 6.54 Å². The molecule has 166 valence electrons. The third kappa shape index (κ3) is 7.20. The molecule has 1 atom stereocenters. The highest BCUT2D eigenvalue weighted by molar-refractivity contribution is 14.0. The molecule has 3 rings (SSSR count). The lowest BCUT2D eigenvalue weighted by Gasteiger charge is -2.25. The second kappa shape index (κ2) is 12.2. The average Bonchev–Trinajstić information content (AvgIpc) is 3.34. The first-order chi connectivity index (χ1) is 14.0. The fourth-order valence-electron chi connectivity index (χ4n) is 3.06.